The van der Waals surface area contributed by atoms with Crippen LogP contribution >= 0.6 is 15.9 Å². The number of nitrogens with one attached hydrogen (secondary N) is 1. The molecule has 0 saturated heterocycles. The van der Waals surface area contributed by atoms with Gasteiger partial charge in [0.25, 0.3) is 0 Å². The largest absolute Gasteiger partial charge is 0.469 e. The van der Waals surface area contributed by atoms with Gasteiger partial charge in [0.1, 0.15) is 5.76 Å². The number of aryl methyl sites for hydroxylation is 1. The Kier molecular flexibility index (Phi) is 3.98. The molecule has 4 heteroatoms. The van der Waals surface area contributed by atoms with Crippen molar-refractivity contribution in [1.29, 1.82) is 0 Å². The summed E-state index contributed by atoms with van der Waals surface area (Å²) in [5.74, 6) is 0.806. The average Bonchev–Trinajstić information content (AvgIpc) is 2.82. The van der Waals surface area contributed by atoms with Gasteiger partial charge in [-0.15, -0.1) is 0 Å². The first-order valence-electron chi connectivity index (χ1n) is 5.32. The van der Waals surface area contributed by atoms with Crippen LogP contribution in [-0.2, 0) is 11.2 Å². The number of furan rings is 1. The molecule has 0 unspecified atom stereocenters. The molecule has 1 N–H and O–H groups in total. The second-order valence-corrected chi connectivity index (χ2v) is 4.46. The quantitative estimate of drug-likeness (QED) is 0.936. The number of rotatable bonds is 4. The van der Waals surface area contributed by atoms with Crippen LogP contribution in [0.3, 0.4) is 0 Å². The van der Waals surface area contributed by atoms with Gasteiger partial charge in [-0.1, -0.05) is 12.1 Å². The number of halogens is 1. The van der Waals surface area contributed by atoms with Gasteiger partial charge in [0.05, 0.1) is 12.0 Å². The molecule has 88 valence electrons. The summed E-state index contributed by atoms with van der Waals surface area (Å²) in [5.41, 5.74) is 0.789. The first kappa shape index (κ1) is 11.9. The zero-order valence-electron chi connectivity index (χ0n) is 9.15. The van der Waals surface area contributed by atoms with E-state index in [1.54, 1.807) is 6.26 Å². The molecule has 1 heterocycles. The van der Waals surface area contributed by atoms with Crippen molar-refractivity contribution in [1.82, 2.24) is 0 Å². The van der Waals surface area contributed by atoms with Gasteiger partial charge in [0, 0.05) is 17.3 Å². The van der Waals surface area contributed by atoms with Crippen LogP contribution < -0.4 is 5.32 Å². The summed E-state index contributed by atoms with van der Waals surface area (Å²) in [7, 11) is 0. The van der Waals surface area contributed by atoms with Crippen molar-refractivity contribution in [3.63, 3.8) is 0 Å². The summed E-state index contributed by atoms with van der Waals surface area (Å²) in [6, 6.07) is 11.2. The summed E-state index contributed by atoms with van der Waals surface area (Å²) in [6.07, 6.45) is 2.64. The minimum absolute atomic E-state index is 0.0201. The Labute approximate surface area is 108 Å². The maximum absolute atomic E-state index is 11.7. The first-order chi connectivity index (χ1) is 8.25. The van der Waals surface area contributed by atoms with Crippen LogP contribution in [0.4, 0.5) is 5.69 Å². The van der Waals surface area contributed by atoms with Crippen molar-refractivity contribution in [3.8, 4) is 0 Å². The van der Waals surface area contributed by atoms with E-state index in [9.17, 15) is 4.79 Å². The van der Waals surface area contributed by atoms with E-state index in [0.29, 0.717) is 12.8 Å². The van der Waals surface area contributed by atoms with Gasteiger partial charge in [-0.2, -0.15) is 0 Å². The predicted molar refractivity (Wildman–Crippen MR) is 69.8 cm³/mol. The third kappa shape index (κ3) is 3.46. The highest BCUT2D eigenvalue weighted by atomic mass is 79.9. The zero-order valence-corrected chi connectivity index (χ0v) is 10.7. The second-order valence-electron chi connectivity index (χ2n) is 3.61. The van der Waals surface area contributed by atoms with Crippen molar-refractivity contribution in [2.45, 2.75) is 12.8 Å². The standard InChI is InChI=1S/C13H12BrNO2/c14-11-5-1-2-6-12(11)15-13(16)8-7-10-4-3-9-17-10/h1-6,9H,7-8H2,(H,15,16). The lowest BCUT2D eigenvalue weighted by Gasteiger charge is -2.06. The average molecular weight is 294 g/mol. The van der Waals surface area contributed by atoms with Crippen LogP contribution in [0.2, 0.25) is 0 Å². The van der Waals surface area contributed by atoms with E-state index < -0.39 is 0 Å². The number of para-hydroxylation sites is 1. The first-order valence-corrected chi connectivity index (χ1v) is 6.12. The molecule has 0 aliphatic rings. The molecule has 0 atom stereocenters. The third-order valence-electron chi connectivity index (χ3n) is 2.33. The maximum Gasteiger partial charge on any atom is 0.224 e. The lowest BCUT2D eigenvalue weighted by molar-refractivity contribution is -0.116. The Morgan fingerprint density at radius 1 is 1.24 bits per heavy atom. The Morgan fingerprint density at radius 2 is 2.06 bits per heavy atom. The van der Waals surface area contributed by atoms with E-state index in [2.05, 4.69) is 21.2 Å². The maximum atomic E-state index is 11.7. The molecule has 0 aliphatic heterocycles. The fourth-order valence-corrected chi connectivity index (χ4v) is 1.85. The molecule has 0 aliphatic carbocycles. The van der Waals surface area contributed by atoms with Gasteiger partial charge in [-0.3, -0.25) is 4.79 Å². The van der Waals surface area contributed by atoms with E-state index in [0.717, 1.165) is 15.9 Å². The van der Waals surface area contributed by atoms with Gasteiger partial charge < -0.3 is 9.73 Å². The summed E-state index contributed by atoms with van der Waals surface area (Å²) in [6.45, 7) is 0. The molecule has 2 aromatic rings. The molecule has 1 aromatic carbocycles. The van der Waals surface area contributed by atoms with Gasteiger partial charge in [-0.25, -0.2) is 0 Å². The number of carbonyl (C=O) groups is 1. The van der Waals surface area contributed by atoms with Gasteiger partial charge in [0.2, 0.25) is 5.91 Å². The lowest BCUT2D eigenvalue weighted by Crippen LogP contribution is -2.12. The summed E-state index contributed by atoms with van der Waals surface area (Å²) >= 11 is 3.38. The van der Waals surface area contributed by atoms with Crippen molar-refractivity contribution in [3.05, 3.63) is 52.9 Å². The highest BCUT2D eigenvalue weighted by Crippen LogP contribution is 2.21. The molecular weight excluding hydrogens is 282 g/mol. The summed E-state index contributed by atoms with van der Waals surface area (Å²) in [5, 5.41) is 2.85. The van der Waals surface area contributed by atoms with Crippen LogP contribution in [0.25, 0.3) is 0 Å². The lowest BCUT2D eigenvalue weighted by atomic mass is 10.2. The molecule has 0 fully saturated rings. The monoisotopic (exact) mass is 293 g/mol. The molecule has 2 rings (SSSR count). The van der Waals surface area contributed by atoms with Crippen LogP contribution in [0, 0.1) is 0 Å². The van der Waals surface area contributed by atoms with E-state index in [4.69, 9.17) is 4.42 Å². The minimum Gasteiger partial charge on any atom is -0.469 e. The molecule has 17 heavy (non-hydrogen) atoms. The topological polar surface area (TPSA) is 42.2 Å². The highest BCUT2D eigenvalue weighted by molar-refractivity contribution is 9.10. The van der Waals surface area contributed by atoms with Crippen LogP contribution in [0.1, 0.15) is 12.2 Å². The van der Waals surface area contributed by atoms with Crippen LogP contribution in [-0.4, -0.2) is 5.91 Å². The highest BCUT2D eigenvalue weighted by Gasteiger charge is 2.06. The van der Waals surface area contributed by atoms with Crippen LogP contribution in [0.5, 0.6) is 0 Å². The molecule has 0 spiro atoms. The number of hydrogen-bond acceptors (Lipinski definition) is 2. The molecule has 3 nitrogen and oxygen atoms in total. The molecule has 1 amide bonds. The predicted octanol–water partition coefficient (Wildman–Crippen LogP) is 3.61. The number of anilines is 1. The number of benzene rings is 1. The Morgan fingerprint density at radius 3 is 2.76 bits per heavy atom. The molecule has 1 aromatic heterocycles. The van der Waals surface area contributed by atoms with E-state index in [1.165, 1.54) is 0 Å². The molecular formula is C13H12BrNO2. The third-order valence-corrected chi connectivity index (χ3v) is 3.02. The number of carbonyl (C=O) groups excluding carboxylic acids is 1. The van der Waals surface area contributed by atoms with E-state index in [-0.39, 0.29) is 5.91 Å². The summed E-state index contributed by atoms with van der Waals surface area (Å²) in [4.78, 5) is 11.7. The molecule has 0 saturated carbocycles. The number of amides is 1. The fraction of sp³-hybridized carbons (Fsp3) is 0.154. The van der Waals surface area contributed by atoms with Crippen molar-refractivity contribution in [2.75, 3.05) is 5.32 Å². The van der Waals surface area contributed by atoms with Crippen molar-refractivity contribution < 1.29 is 9.21 Å². The van der Waals surface area contributed by atoms with Gasteiger partial charge >= 0.3 is 0 Å². The van der Waals surface area contributed by atoms with Gasteiger partial charge in [0.15, 0.2) is 0 Å². The van der Waals surface area contributed by atoms with Crippen LogP contribution in [0.15, 0.2) is 51.6 Å². The normalized spacial score (nSPS) is 10.2. The van der Waals surface area contributed by atoms with Crippen molar-refractivity contribution in [2.24, 2.45) is 0 Å². The van der Waals surface area contributed by atoms with E-state index in [1.807, 2.05) is 36.4 Å². The number of hydrogen-bond donors (Lipinski definition) is 1. The zero-order chi connectivity index (χ0) is 12.1. The smallest absolute Gasteiger partial charge is 0.224 e. The molecule has 0 bridgehead atoms. The van der Waals surface area contributed by atoms with Crippen molar-refractivity contribution >= 4 is 27.5 Å². The fourth-order valence-electron chi connectivity index (χ4n) is 1.47. The Hall–Kier alpha value is -1.55. The SMILES string of the molecule is O=C(CCc1ccco1)Nc1ccccc1Br. The second kappa shape index (κ2) is 5.68. The summed E-state index contributed by atoms with van der Waals surface area (Å²) < 4.78 is 6.05. The molecule has 0 radical (unpaired) electrons. The Balaban J connectivity index is 1.87. The van der Waals surface area contributed by atoms with Gasteiger partial charge in [-0.05, 0) is 40.2 Å². The van der Waals surface area contributed by atoms with E-state index >= 15 is 0 Å². The Bertz CT molecular complexity index is 494. The minimum atomic E-state index is -0.0201.